The highest BCUT2D eigenvalue weighted by atomic mass is 32.1. The van der Waals surface area contributed by atoms with Gasteiger partial charge in [0.1, 0.15) is 5.82 Å². The van der Waals surface area contributed by atoms with Crippen LogP contribution in [-0.4, -0.2) is 21.8 Å². The second-order valence-electron chi connectivity index (χ2n) is 6.18. The molecule has 2 heterocycles. The van der Waals surface area contributed by atoms with Crippen molar-refractivity contribution in [1.29, 1.82) is 0 Å². The van der Waals surface area contributed by atoms with Crippen LogP contribution in [0.4, 0.5) is 4.39 Å². The van der Waals surface area contributed by atoms with Gasteiger partial charge in [-0.05, 0) is 24.5 Å². The topological polar surface area (TPSA) is 46.4 Å². The van der Waals surface area contributed by atoms with Gasteiger partial charge in [0.15, 0.2) is 4.96 Å². The SMILES string of the molecule is CC(C)CNC(=O)CCc1csc2nc(-c3ccccc3F)cn12. The molecule has 0 radical (unpaired) electrons. The molecular weight excluding hydrogens is 325 g/mol. The first-order valence-corrected chi connectivity index (χ1v) is 8.89. The second-order valence-corrected chi connectivity index (χ2v) is 7.02. The number of nitrogens with one attached hydrogen (secondary N) is 1. The minimum Gasteiger partial charge on any atom is -0.356 e. The highest BCUT2D eigenvalue weighted by Gasteiger charge is 2.13. The van der Waals surface area contributed by atoms with Crippen LogP contribution in [0.25, 0.3) is 16.2 Å². The number of imidazole rings is 1. The number of amides is 1. The molecule has 1 N–H and O–H groups in total. The number of benzene rings is 1. The molecule has 1 amide bonds. The first-order valence-electron chi connectivity index (χ1n) is 8.01. The Balaban J connectivity index is 1.74. The van der Waals surface area contributed by atoms with Crippen molar-refractivity contribution in [3.63, 3.8) is 0 Å². The standard InChI is InChI=1S/C18H20FN3OS/c1-12(2)9-20-17(23)8-7-13-11-24-18-21-16(10-22(13)18)14-5-3-4-6-15(14)19/h3-6,10-12H,7-9H2,1-2H3,(H,20,23). The lowest BCUT2D eigenvalue weighted by atomic mass is 10.1. The van der Waals surface area contributed by atoms with Crippen LogP contribution < -0.4 is 5.32 Å². The van der Waals surface area contributed by atoms with Crippen molar-refractivity contribution in [1.82, 2.24) is 14.7 Å². The number of hydrogen-bond donors (Lipinski definition) is 1. The normalized spacial score (nSPS) is 11.3. The molecule has 0 unspecified atom stereocenters. The predicted octanol–water partition coefficient (Wildman–Crippen LogP) is 3.91. The van der Waals surface area contributed by atoms with Crippen molar-refractivity contribution in [3.05, 3.63) is 47.4 Å². The van der Waals surface area contributed by atoms with Gasteiger partial charge in [-0.1, -0.05) is 26.0 Å². The molecule has 2 aromatic heterocycles. The van der Waals surface area contributed by atoms with Crippen LogP contribution in [0.5, 0.6) is 0 Å². The Labute approximate surface area is 144 Å². The molecule has 0 atom stereocenters. The number of carbonyl (C=O) groups excluding carboxylic acids is 1. The molecule has 0 aliphatic heterocycles. The first kappa shape index (κ1) is 16.6. The van der Waals surface area contributed by atoms with Crippen LogP contribution in [0.1, 0.15) is 26.0 Å². The summed E-state index contributed by atoms with van der Waals surface area (Å²) in [5.74, 6) is 0.217. The van der Waals surface area contributed by atoms with E-state index >= 15 is 0 Å². The number of fused-ring (bicyclic) bond motifs is 1. The molecule has 24 heavy (non-hydrogen) atoms. The van der Waals surface area contributed by atoms with Gasteiger partial charge in [-0.15, -0.1) is 11.3 Å². The summed E-state index contributed by atoms with van der Waals surface area (Å²) in [7, 11) is 0. The third-order valence-electron chi connectivity index (χ3n) is 3.75. The average molecular weight is 345 g/mol. The van der Waals surface area contributed by atoms with E-state index in [0.717, 1.165) is 10.7 Å². The van der Waals surface area contributed by atoms with Crippen molar-refractivity contribution in [2.45, 2.75) is 26.7 Å². The van der Waals surface area contributed by atoms with Crippen molar-refractivity contribution >= 4 is 22.2 Å². The van der Waals surface area contributed by atoms with E-state index in [9.17, 15) is 9.18 Å². The van der Waals surface area contributed by atoms with Crippen molar-refractivity contribution in [2.24, 2.45) is 5.92 Å². The average Bonchev–Trinajstić information content (AvgIpc) is 3.12. The Morgan fingerprint density at radius 1 is 1.38 bits per heavy atom. The van der Waals surface area contributed by atoms with Gasteiger partial charge in [0.25, 0.3) is 0 Å². The maximum absolute atomic E-state index is 13.9. The largest absolute Gasteiger partial charge is 0.356 e. The predicted molar refractivity (Wildman–Crippen MR) is 94.6 cm³/mol. The molecule has 0 saturated heterocycles. The van der Waals surface area contributed by atoms with Crippen LogP contribution in [0.3, 0.4) is 0 Å². The minimum atomic E-state index is -0.280. The van der Waals surface area contributed by atoms with E-state index in [-0.39, 0.29) is 11.7 Å². The summed E-state index contributed by atoms with van der Waals surface area (Å²) in [6.45, 7) is 4.83. The summed E-state index contributed by atoms with van der Waals surface area (Å²) in [4.78, 5) is 17.2. The maximum Gasteiger partial charge on any atom is 0.220 e. The van der Waals surface area contributed by atoms with Crippen molar-refractivity contribution in [2.75, 3.05) is 6.54 Å². The van der Waals surface area contributed by atoms with E-state index < -0.39 is 0 Å². The lowest BCUT2D eigenvalue weighted by molar-refractivity contribution is -0.121. The van der Waals surface area contributed by atoms with Crippen molar-refractivity contribution < 1.29 is 9.18 Å². The number of nitrogens with zero attached hydrogens (tertiary/aromatic N) is 2. The number of hydrogen-bond acceptors (Lipinski definition) is 3. The van der Waals surface area contributed by atoms with Gasteiger partial charge in [-0.3, -0.25) is 9.20 Å². The summed E-state index contributed by atoms with van der Waals surface area (Å²) >= 11 is 1.50. The van der Waals surface area contributed by atoms with Gasteiger partial charge in [-0.2, -0.15) is 0 Å². The van der Waals surface area contributed by atoms with E-state index in [1.54, 1.807) is 18.2 Å². The second kappa shape index (κ2) is 7.13. The smallest absolute Gasteiger partial charge is 0.220 e. The maximum atomic E-state index is 13.9. The van der Waals surface area contributed by atoms with Gasteiger partial charge in [0, 0.05) is 35.8 Å². The van der Waals surface area contributed by atoms with E-state index in [1.807, 2.05) is 16.0 Å². The summed E-state index contributed by atoms with van der Waals surface area (Å²) in [6, 6.07) is 6.62. The molecule has 0 spiro atoms. The Hall–Kier alpha value is -2.21. The van der Waals surface area contributed by atoms with E-state index in [1.165, 1.54) is 17.4 Å². The molecule has 3 rings (SSSR count). The summed E-state index contributed by atoms with van der Waals surface area (Å²) in [6.07, 6.45) is 2.91. The lowest BCUT2D eigenvalue weighted by Gasteiger charge is -2.07. The van der Waals surface area contributed by atoms with Gasteiger partial charge < -0.3 is 5.32 Å². The zero-order valence-corrected chi connectivity index (χ0v) is 14.6. The van der Waals surface area contributed by atoms with Crippen LogP contribution in [0, 0.1) is 11.7 Å². The zero-order chi connectivity index (χ0) is 17.1. The van der Waals surface area contributed by atoms with E-state index in [2.05, 4.69) is 24.1 Å². The molecular formula is C18H20FN3OS. The summed E-state index contributed by atoms with van der Waals surface area (Å²) in [5, 5.41) is 4.92. The van der Waals surface area contributed by atoms with Gasteiger partial charge in [-0.25, -0.2) is 9.37 Å². The summed E-state index contributed by atoms with van der Waals surface area (Å²) in [5.41, 5.74) is 2.13. The van der Waals surface area contributed by atoms with Crippen LogP contribution in [0.2, 0.25) is 0 Å². The highest BCUT2D eigenvalue weighted by molar-refractivity contribution is 7.15. The molecule has 6 heteroatoms. The molecule has 4 nitrogen and oxygen atoms in total. The van der Waals surface area contributed by atoms with E-state index in [0.29, 0.717) is 36.6 Å². The minimum absolute atomic E-state index is 0.0532. The first-order chi connectivity index (χ1) is 11.5. The number of carbonyl (C=O) groups is 1. The quantitative estimate of drug-likeness (QED) is 0.736. The fourth-order valence-electron chi connectivity index (χ4n) is 2.46. The molecule has 0 aliphatic rings. The number of rotatable bonds is 6. The van der Waals surface area contributed by atoms with Gasteiger partial charge in [0.2, 0.25) is 5.91 Å². The van der Waals surface area contributed by atoms with E-state index in [4.69, 9.17) is 0 Å². The summed E-state index contributed by atoms with van der Waals surface area (Å²) < 4.78 is 15.9. The van der Waals surface area contributed by atoms with Crippen LogP contribution in [0.15, 0.2) is 35.8 Å². The monoisotopic (exact) mass is 345 g/mol. The number of aryl methyl sites for hydroxylation is 1. The van der Waals surface area contributed by atoms with Crippen molar-refractivity contribution in [3.8, 4) is 11.3 Å². The third-order valence-corrected chi connectivity index (χ3v) is 4.64. The highest BCUT2D eigenvalue weighted by Crippen LogP contribution is 2.26. The molecule has 0 bridgehead atoms. The number of aromatic nitrogens is 2. The Kier molecular flexibility index (Phi) is 4.94. The molecule has 3 aromatic rings. The molecule has 1 aromatic carbocycles. The Morgan fingerprint density at radius 2 is 2.17 bits per heavy atom. The fourth-order valence-corrected chi connectivity index (χ4v) is 3.36. The van der Waals surface area contributed by atoms with Crippen LogP contribution in [-0.2, 0) is 11.2 Å². The molecule has 0 saturated carbocycles. The Bertz CT molecular complexity index is 853. The fraction of sp³-hybridized carbons (Fsp3) is 0.333. The number of halogens is 1. The van der Waals surface area contributed by atoms with Gasteiger partial charge >= 0.3 is 0 Å². The molecule has 0 fully saturated rings. The van der Waals surface area contributed by atoms with Gasteiger partial charge in [0.05, 0.1) is 5.69 Å². The van der Waals surface area contributed by atoms with Crippen LogP contribution >= 0.6 is 11.3 Å². The molecule has 0 aliphatic carbocycles. The number of thiazole rings is 1. The zero-order valence-electron chi connectivity index (χ0n) is 13.8. The lowest BCUT2D eigenvalue weighted by Crippen LogP contribution is -2.27. The molecule has 126 valence electrons. The third kappa shape index (κ3) is 3.64. The Morgan fingerprint density at radius 3 is 2.92 bits per heavy atom.